The van der Waals surface area contributed by atoms with Gasteiger partial charge < -0.3 is 9.72 Å². The highest BCUT2D eigenvalue weighted by Crippen LogP contribution is 2.44. The van der Waals surface area contributed by atoms with Crippen molar-refractivity contribution in [2.75, 3.05) is 32.8 Å². The van der Waals surface area contributed by atoms with E-state index in [2.05, 4.69) is 61.0 Å². The van der Waals surface area contributed by atoms with Crippen molar-refractivity contribution >= 4 is 22.8 Å². The summed E-state index contributed by atoms with van der Waals surface area (Å²) in [6.07, 6.45) is 5.29. The van der Waals surface area contributed by atoms with E-state index in [0.717, 1.165) is 72.6 Å². The van der Waals surface area contributed by atoms with Crippen LogP contribution in [0.5, 0.6) is 0 Å². The first-order valence-corrected chi connectivity index (χ1v) is 11.7. The van der Waals surface area contributed by atoms with Crippen LogP contribution in [0.4, 0.5) is 0 Å². The number of hydrogen-bond donors (Lipinski definition) is 1. The molecule has 5 heteroatoms. The first-order valence-electron chi connectivity index (χ1n) is 11.7. The van der Waals surface area contributed by atoms with E-state index in [1.54, 1.807) is 6.07 Å². The van der Waals surface area contributed by atoms with Gasteiger partial charge in [-0.3, -0.25) is 9.69 Å². The summed E-state index contributed by atoms with van der Waals surface area (Å²) in [5.74, 6) is 0.0637. The fraction of sp³-hybridized carbons (Fsp3) is 0.357. The van der Waals surface area contributed by atoms with E-state index in [1.165, 1.54) is 11.1 Å². The largest absolute Gasteiger partial charge is 0.379 e. The van der Waals surface area contributed by atoms with E-state index in [1.807, 2.05) is 12.1 Å². The number of aryl methyl sites for hydroxylation is 1. The molecular weight excluding hydrogens is 410 g/mol. The van der Waals surface area contributed by atoms with Gasteiger partial charge in [-0.05, 0) is 47.4 Å². The first-order chi connectivity index (χ1) is 15.9. The van der Waals surface area contributed by atoms with Crippen molar-refractivity contribution < 1.29 is 9.53 Å². The Morgan fingerprint density at radius 1 is 1.21 bits per heavy atom. The molecule has 1 aliphatic carbocycles. The predicted molar refractivity (Wildman–Crippen MR) is 131 cm³/mol. The molecule has 1 N–H and O–H groups in total. The second-order valence-electron chi connectivity index (χ2n) is 9.47. The number of morpholine rings is 1. The van der Waals surface area contributed by atoms with Crippen LogP contribution in [0.25, 0.3) is 17.0 Å². The van der Waals surface area contributed by atoms with Crippen molar-refractivity contribution in [3.63, 3.8) is 0 Å². The van der Waals surface area contributed by atoms with Crippen molar-refractivity contribution in [1.29, 1.82) is 5.26 Å². The summed E-state index contributed by atoms with van der Waals surface area (Å²) >= 11 is 0. The predicted octanol–water partition coefficient (Wildman–Crippen LogP) is 4.82. The third kappa shape index (κ3) is 3.60. The van der Waals surface area contributed by atoms with Crippen LogP contribution in [0.2, 0.25) is 0 Å². The van der Waals surface area contributed by atoms with Crippen LogP contribution >= 0.6 is 0 Å². The maximum atomic E-state index is 13.7. The molecule has 2 aromatic carbocycles. The standard InChI is InChI=1S/C28H29N3O2/c1-4-19-15-22-23(16-20(19)6-5-9-31-10-12-33-13-11-31)28(2,3)27-25(26(22)32)21-8-7-18(17-29)14-24(21)30-27/h5-8,14-16,30H,4,9-13H2,1-3H3/b6-5+. The Kier molecular flexibility index (Phi) is 5.44. The third-order valence-corrected chi connectivity index (χ3v) is 7.12. The van der Waals surface area contributed by atoms with Crippen LogP contribution in [-0.4, -0.2) is 48.5 Å². The summed E-state index contributed by atoms with van der Waals surface area (Å²) in [5.41, 5.74) is 6.95. The molecule has 2 heterocycles. The number of nitrogens with zero attached hydrogens (tertiary/aromatic N) is 2. The minimum atomic E-state index is -0.358. The van der Waals surface area contributed by atoms with Crippen molar-refractivity contribution in [3.05, 3.63) is 75.5 Å². The molecular formula is C28H29N3O2. The first kappa shape index (κ1) is 21.6. The number of carbonyl (C=O) groups excluding carboxylic acids is 1. The van der Waals surface area contributed by atoms with Gasteiger partial charge in [0.15, 0.2) is 5.78 Å². The van der Waals surface area contributed by atoms with Gasteiger partial charge in [0.2, 0.25) is 0 Å². The quantitative estimate of drug-likeness (QED) is 0.633. The molecule has 2 aliphatic rings. The van der Waals surface area contributed by atoms with Gasteiger partial charge in [-0.25, -0.2) is 0 Å². The van der Waals surface area contributed by atoms with E-state index in [9.17, 15) is 10.1 Å². The van der Waals surface area contributed by atoms with Gasteiger partial charge in [-0.1, -0.05) is 39.0 Å². The summed E-state index contributed by atoms with van der Waals surface area (Å²) in [6, 6.07) is 12.0. The number of nitrogens with one attached hydrogen (secondary N) is 1. The van der Waals surface area contributed by atoms with Gasteiger partial charge in [0.1, 0.15) is 0 Å². The number of ether oxygens (including phenoxy) is 1. The molecule has 0 unspecified atom stereocenters. The highest BCUT2D eigenvalue weighted by Gasteiger charge is 2.40. The fourth-order valence-electron chi connectivity index (χ4n) is 5.18. The zero-order chi connectivity index (χ0) is 23.2. The lowest BCUT2D eigenvalue weighted by Gasteiger charge is -2.33. The van der Waals surface area contributed by atoms with Crippen LogP contribution in [0.1, 0.15) is 64.6 Å². The Morgan fingerprint density at radius 3 is 2.73 bits per heavy atom. The highest BCUT2D eigenvalue weighted by atomic mass is 16.5. The Balaban J connectivity index is 1.57. The number of nitriles is 1. The molecule has 168 valence electrons. The van der Waals surface area contributed by atoms with Crippen LogP contribution in [-0.2, 0) is 16.6 Å². The number of aromatic amines is 1. The Morgan fingerprint density at radius 2 is 2.00 bits per heavy atom. The Labute approximate surface area is 194 Å². The van der Waals surface area contributed by atoms with Gasteiger partial charge in [-0.2, -0.15) is 5.26 Å². The van der Waals surface area contributed by atoms with Gasteiger partial charge in [0, 0.05) is 47.2 Å². The lowest BCUT2D eigenvalue weighted by atomic mass is 9.70. The van der Waals surface area contributed by atoms with Gasteiger partial charge in [0.25, 0.3) is 0 Å². The SMILES string of the molecule is CCc1cc2c(cc1/C=C/CN1CCOCC1)C(C)(C)c1[nH]c3cc(C#N)ccc3c1C2=O. The highest BCUT2D eigenvalue weighted by molar-refractivity contribution is 6.20. The van der Waals surface area contributed by atoms with Gasteiger partial charge >= 0.3 is 0 Å². The van der Waals surface area contributed by atoms with Crippen LogP contribution < -0.4 is 0 Å². The summed E-state index contributed by atoms with van der Waals surface area (Å²) in [7, 11) is 0. The summed E-state index contributed by atoms with van der Waals surface area (Å²) in [4.78, 5) is 19.6. The Hall–Kier alpha value is -3.20. The normalized spacial score (nSPS) is 17.8. The van der Waals surface area contributed by atoms with Crippen molar-refractivity contribution in [2.24, 2.45) is 0 Å². The monoisotopic (exact) mass is 439 g/mol. The number of carbonyl (C=O) groups is 1. The lowest BCUT2D eigenvalue weighted by molar-refractivity contribution is 0.0435. The van der Waals surface area contributed by atoms with E-state index in [0.29, 0.717) is 5.56 Å². The number of ketones is 1. The summed E-state index contributed by atoms with van der Waals surface area (Å²) < 4.78 is 5.44. The molecule has 0 saturated carbocycles. The van der Waals surface area contributed by atoms with Crippen molar-refractivity contribution in [1.82, 2.24) is 9.88 Å². The molecule has 1 aromatic heterocycles. The van der Waals surface area contributed by atoms with Crippen molar-refractivity contribution in [2.45, 2.75) is 32.6 Å². The minimum Gasteiger partial charge on any atom is -0.379 e. The maximum Gasteiger partial charge on any atom is 0.195 e. The molecule has 0 spiro atoms. The number of rotatable bonds is 4. The average molecular weight is 440 g/mol. The van der Waals surface area contributed by atoms with E-state index in [4.69, 9.17) is 4.74 Å². The maximum absolute atomic E-state index is 13.7. The van der Waals surface area contributed by atoms with Crippen LogP contribution in [0.3, 0.4) is 0 Å². The zero-order valence-electron chi connectivity index (χ0n) is 19.5. The second-order valence-corrected chi connectivity index (χ2v) is 9.47. The molecule has 33 heavy (non-hydrogen) atoms. The topological polar surface area (TPSA) is 69.1 Å². The Bertz CT molecular complexity index is 1320. The minimum absolute atomic E-state index is 0.0637. The zero-order valence-corrected chi connectivity index (χ0v) is 19.5. The molecule has 5 nitrogen and oxygen atoms in total. The summed E-state index contributed by atoms with van der Waals surface area (Å²) in [6.45, 7) is 10.9. The third-order valence-electron chi connectivity index (χ3n) is 7.12. The molecule has 1 fully saturated rings. The molecule has 1 aliphatic heterocycles. The fourth-order valence-corrected chi connectivity index (χ4v) is 5.18. The van der Waals surface area contributed by atoms with Gasteiger partial charge in [-0.15, -0.1) is 0 Å². The smallest absolute Gasteiger partial charge is 0.195 e. The van der Waals surface area contributed by atoms with E-state index < -0.39 is 0 Å². The molecule has 0 amide bonds. The average Bonchev–Trinajstić information content (AvgIpc) is 3.23. The van der Waals surface area contributed by atoms with Crippen molar-refractivity contribution in [3.8, 4) is 6.07 Å². The number of fused-ring (bicyclic) bond motifs is 4. The number of benzene rings is 2. The molecule has 3 aromatic rings. The van der Waals surface area contributed by atoms with E-state index in [-0.39, 0.29) is 11.2 Å². The number of aromatic nitrogens is 1. The van der Waals surface area contributed by atoms with E-state index >= 15 is 0 Å². The molecule has 1 saturated heterocycles. The molecule has 0 radical (unpaired) electrons. The second kappa shape index (κ2) is 8.30. The number of H-pyrrole nitrogens is 1. The van der Waals surface area contributed by atoms with Crippen LogP contribution in [0, 0.1) is 11.3 Å². The molecule has 0 atom stereocenters. The lowest BCUT2D eigenvalue weighted by Crippen LogP contribution is -2.36. The van der Waals surface area contributed by atoms with Crippen LogP contribution in [0.15, 0.2) is 36.4 Å². The molecule has 0 bridgehead atoms. The summed E-state index contributed by atoms with van der Waals surface area (Å²) in [5, 5.41) is 10.2. The van der Waals surface area contributed by atoms with Gasteiger partial charge in [0.05, 0.1) is 30.4 Å². The number of hydrogen-bond acceptors (Lipinski definition) is 4. The molecule has 5 rings (SSSR count).